The van der Waals surface area contributed by atoms with Gasteiger partial charge in [-0.15, -0.1) is 0 Å². The number of hydrogen-bond acceptors (Lipinski definition) is 5. The Hall–Kier alpha value is -1.30. The van der Waals surface area contributed by atoms with Crippen LogP contribution in [0.4, 0.5) is 5.82 Å². The molecule has 1 aliphatic heterocycles. The molecule has 1 aromatic rings. The molecule has 0 spiro atoms. The van der Waals surface area contributed by atoms with E-state index in [0.717, 1.165) is 37.5 Å². The van der Waals surface area contributed by atoms with Gasteiger partial charge in [0.2, 0.25) is 0 Å². The molecule has 1 aliphatic rings. The molecule has 0 atom stereocenters. The van der Waals surface area contributed by atoms with Crippen LogP contribution in [0.2, 0.25) is 0 Å². The molecular weight excluding hydrogens is 262 g/mol. The van der Waals surface area contributed by atoms with Crippen LogP contribution in [-0.2, 0) is 0 Å². The molecule has 19 heavy (non-hydrogen) atoms. The van der Waals surface area contributed by atoms with Crippen molar-refractivity contribution in [3.05, 3.63) is 18.1 Å². The van der Waals surface area contributed by atoms with Crippen LogP contribution in [0.25, 0.3) is 0 Å². The molecule has 1 aromatic heterocycles. The second kappa shape index (κ2) is 5.77. The molecule has 0 saturated carbocycles. The second-order valence-electron chi connectivity index (χ2n) is 4.73. The van der Waals surface area contributed by atoms with Crippen LogP contribution in [0.1, 0.15) is 37.2 Å². The highest BCUT2D eigenvalue weighted by molar-refractivity contribution is 8.00. The van der Waals surface area contributed by atoms with Crippen molar-refractivity contribution in [1.82, 2.24) is 9.97 Å². The van der Waals surface area contributed by atoms with E-state index in [1.165, 1.54) is 6.20 Å². The summed E-state index contributed by atoms with van der Waals surface area (Å²) < 4.78 is 0.283. The van der Waals surface area contributed by atoms with E-state index < -0.39 is 5.97 Å². The van der Waals surface area contributed by atoms with Crippen LogP contribution >= 0.6 is 11.8 Å². The van der Waals surface area contributed by atoms with Crippen LogP contribution in [0.5, 0.6) is 0 Å². The Morgan fingerprint density at radius 3 is 2.68 bits per heavy atom. The van der Waals surface area contributed by atoms with Crippen LogP contribution in [0.15, 0.2) is 12.4 Å². The minimum atomic E-state index is -1.04. The SMILES string of the molecule is CCC1(CC)CN(c2cnc(C(=O)O)cn2)CCS1. The fourth-order valence-corrected chi connectivity index (χ4v) is 3.71. The Bertz CT molecular complexity index is 446. The van der Waals surface area contributed by atoms with Crippen LogP contribution < -0.4 is 4.90 Å². The Labute approximate surface area is 117 Å². The van der Waals surface area contributed by atoms with Gasteiger partial charge in [-0.05, 0) is 12.8 Å². The normalized spacial score (nSPS) is 18.3. The molecule has 0 unspecified atom stereocenters. The topological polar surface area (TPSA) is 66.3 Å². The molecule has 0 amide bonds. The molecule has 1 N–H and O–H groups in total. The van der Waals surface area contributed by atoms with E-state index in [-0.39, 0.29) is 10.4 Å². The summed E-state index contributed by atoms with van der Waals surface area (Å²) in [5.41, 5.74) is -0.00705. The fourth-order valence-electron chi connectivity index (χ4n) is 2.31. The van der Waals surface area contributed by atoms with E-state index in [4.69, 9.17) is 5.11 Å². The molecule has 0 aromatic carbocycles. The zero-order valence-corrected chi connectivity index (χ0v) is 12.1. The number of aromatic nitrogens is 2. The minimum Gasteiger partial charge on any atom is -0.476 e. The molecular formula is C13H19N3O2S. The van der Waals surface area contributed by atoms with Crippen molar-refractivity contribution < 1.29 is 9.90 Å². The number of carboxylic acid groups (broad SMARTS) is 1. The molecule has 2 heterocycles. The quantitative estimate of drug-likeness (QED) is 0.913. The van der Waals surface area contributed by atoms with Crippen molar-refractivity contribution in [2.75, 3.05) is 23.7 Å². The van der Waals surface area contributed by atoms with Crippen molar-refractivity contribution in [2.24, 2.45) is 0 Å². The smallest absolute Gasteiger partial charge is 0.356 e. The minimum absolute atomic E-state index is 0.00705. The Balaban J connectivity index is 2.15. The lowest BCUT2D eigenvalue weighted by Crippen LogP contribution is -2.46. The monoisotopic (exact) mass is 281 g/mol. The summed E-state index contributed by atoms with van der Waals surface area (Å²) in [7, 11) is 0. The van der Waals surface area contributed by atoms with Gasteiger partial charge in [-0.3, -0.25) is 0 Å². The lowest BCUT2D eigenvalue weighted by atomic mass is 10.0. The largest absolute Gasteiger partial charge is 0.476 e. The maximum Gasteiger partial charge on any atom is 0.356 e. The molecule has 5 nitrogen and oxygen atoms in total. The molecule has 2 rings (SSSR count). The molecule has 0 bridgehead atoms. The number of anilines is 1. The average Bonchev–Trinajstić information content (AvgIpc) is 2.47. The Morgan fingerprint density at radius 1 is 1.42 bits per heavy atom. The maximum absolute atomic E-state index is 10.8. The van der Waals surface area contributed by atoms with Crippen molar-refractivity contribution in [1.29, 1.82) is 0 Å². The summed E-state index contributed by atoms with van der Waals surface area (Å²) >= 11 is 2.03. The number of carboxylic acids is 1. The third-order valence-electron chi connectivity index (χ3n) is 3.72. The van der Waals surface area contributed by atoms with E-state index >= 15 is 0 Å². The van der Waals surface area contributed by atoms with E-state index in [9.17, 15) is 4.79 Å². The van der Waals surface area contributed by atoms with E-state index in [1.807, 2.05) is 11.8 Å². The first-order chi connectivity index (χ1) is 9.10. The van der Waals surface area contributed by atoms with Gasteiger partial charge in [0.15, 0.2) is 5.69 Å². The fraction of sp³-hybridized carbons (Fsp3) is 0.615. The van der Waals surface area contributed by atoms with Crippen LogP contribution in [-0.4, -0.2) is 44.6 Å². The summed E-state index contributed by atoms with van der Waals surface area (Å²) in [5.74, 6) is 0.811. The highest BCUT2D eigenvalue weighted by atomic mass is 32.2. The third kappa shape index (κ3) is 3.00. The van der Waals surface area contributed by atoms with E-state index in [1.54, 1.807) is 6.20 Å². The molecule has 6 heteroatoms. The lowest BCUT2D eigenvalue weighted by molar-refractivity contribution is 0.0690. The number of nitrogens with zero attached hydrogens (tertiary/aromatic N) is 3. The summed E-state index contributed by atoms with van der Waals surface area (Å²) in [6, 6.07) is 0. The van der Waals surface area contributed by atoms with Crippen LogP contribution in [0, 0.1) is 0 Å². The summed E-state index contributed by atoms with van der Waals surface area (Å²) in [6.45, 7) is 6.33. The molecule has 0 radical (unpaired) electrons. The predicted octanol–water partition coefficient (Wildman–Crippen LogP) is 2.29. The highest BCUT2D eigenvalue weighted by Gasteiger charge is 2.33. The molecule has 0 aliphatic carbocycles. The Morgan fingerprint density at radius 2 is 2.16 bits per heavy atom. The van der Waals surface area contributed by atoms with Gasteiger partial charge in [-0.1, -0.05) is 13.8 Å². The van der Waals surface area contributed by atoms with Crippen molar-refractivity contribution in [2.45, 2.75) is 31.4 Å². The summed E-state index contributed by atoms with van der Waals surface area (Å²) in [4.78, 5) is 21.1. The molecule has 104 valence electrons. The maximum atomic E-state index is 10.8. The average molecular weight is 281 g/mol. The van der Waals surface area contributed by atoms with Gasteiger partial charge in [0.05, 0.1) is 12.4 Å². The number of aromatic carboxylic acids is 1. The predicted molar refractivity (Wildman–Crippen MR) is 77.0 cm³/mol. The summed E-state index contributed by atoms with van der Waals surface area (Å²) in [6.07, 6.45) is 5.16. The first-order valence-corrected chi connectivity index (χ1v) is 7.53. The molecule has 1 saturated heterocycles. The van der Waals surface area contributed by atoms with Gasteiger partial charge in [0, 0.05) is 23.6 Å². The standard InChI is InChI=1S/C13H19N3O2S/c1-3-13(4-2)9-16(5-6-19-13)11-8-14-10(7-15-11)12(17)18/h7-8H,3-6,9H2,1-2H3,(H,17,18). The number of hydrogen-bond donors (Lipinski definition) is 1. The van der Waals surface area contributed by atoms with Gasteiger partial charge in [0.25, 0.3) is 0 Å². The second-order valence-corrected chi connectivity index (χ2v) is 6.29. The van der Waals surface area contributed by atoms with Gasteiger partial charge in [-0.25, -0.2) is 14.8 Å². The first kappa shape index (κ1) is 14.1. The number of carbonyl (C=O) groups is 1. The highest BCUT2D eigenvalue weighted by Crippen LogP contribution is 2.37. The van der Waals surface area contributed by atoms with Crippen LogP contribution in [0.3, 0.4) is 0 Å². The first-order valence-electron chi connectivity index (χ1n) is 6.54. The van der Waals surface area contributed by atoms with Gasteiger partial charge in [-0.2, -0.15) is 11.8 Å². The zero-order valence-electron chi connectivity index (χ0n) is 11.3. The van der Waals surface area contributed by atoms with Gasteiger partial charge >= 0.3 is 5.97 Å². The van der Waals surface area contributed by atoms with Crippen molar-refractivity contribution in [3.8, 4) is 0 Å². The van der Waals surface area contributed by atoms with E-state index in [0.29, 0.717) is 0 Å². The van der Waals surface area contributed by atoms with E-state index in [2.05, 4.69) is 28.7 Å². The van der Waals surface area contributed by atoms with Crippen molar-refractivity contribution in [3.63, 3.8) is 0 Å². The summed E-state index contributed by atoms with van der Waals surface area (Å²) in [5, 5.41) is 8.83. The third-order valence-corrected chi connectivity index (χ3v) is 5.42. The van der Waals surface area contributed by atoms with Gasteiger partial charge in [0.1, 0.15) is 5.82 Å². The molecule has 1 fully saturated rings. The zero-order chi connectivity index (χ0) is 13.9. The van der Waals surface area contributed by atoms with Gasteiger partial charge < -0.3 is 10.0 Å². The lowest BCUT2D eigenvalue weighted by Gasteiger charge is -2.41. The number of rotatable bonds is 4. The number of thioether (sulfide) groups is 1. The Kier molecular flexibility index (Phi) is 4.29. The van der Waals surface area contributed by atoms with Crippen molar-refractivity contribution >= 4 is 23.5 Å².